The molecule has 1 aromatic rings. The zero-order valence-electron chi connectivity index (χ0n) is 12.5. The Bertz CT molecular complexity index is 577. The number of carboxylic acids is 1. The lowest BCUT2D eigenvalue weighted by atomic mass is 9.91. The summed E-state index contributed by atoms with van der Waals surface area (Å²) in [7, 11) is 3.00. The van der Waals surface area contributed by atoms with Gasteiger partial charge in [0, 0.05) is 31.5 Å². The molecule has 2 rings (SSSR count). The summed E-state index contributed by atoms with van der Waals surface area (Å²) in [5.41, 5.74) is -1.31. The summed E-state index contributed by atoms with van der Waals surface area (Å²) in [5.74, 6) is -0.496. The number of aliphatic carboxylic acids is 1. The van der Waals surface area contributed by atoms with Crippen molar-refractivity contribution in [2.45, 2.75) is 18.4 Å². The van der Waals surface area contributed by atoms with Crippen LogP contribution in [0.2, 0.25) is 0 Å². The van der Waals surface area contributed by atoms with E-state index in [2.05, 4.69) is 0 Å². The van der Waals surface area contributed by atoms with Crippen molar-refractivity contribution in [3.63, 3.8) is 0 Å². The number of likely N-dealkylation sites (tertiary alicyclic amines) is 1. The summed E-state index contributed by atoms with van der Waals surface area (Å²) >= 11 is 0. The minimum Gasteiger partial charge on any atom is -0.493 e. The summed E-state index contributed by atoms with van der Waals surface area (Å²) in [6.45, 7) is 0.381. The van der Waals surface area contributed by atoms with E-state index in [1.54, 1.807) is 18.2 Å². The van der Waals surface area contributed by atoms with E-state index in [9.17, 15) is 14.7 Å². The van der Waals surface area contributed by atoms with Gasteiger partial charge in [-0.3, -0.25) is 4.79 Å². The van der Waals surface area contributed by atoms with Crippen LogP contribution >= 0.6 is 0 Å². The van der Waals surface area contributed by atoms with Crippen LogP contribution in [0.4, 0.5) is 0 Å². The highest BCUT2D eigenvalue weighted by atomic mass is 16.5. The number of amides is 1. The second kappa shape index (κ2) is 6.23. The maximum absolute atomic E-state index is 12.4. The third kappa shape index (κ3) is 2.99. The monoisotopic (exact) mass is 309 g/mol. The molecule has 1 fully saturated rings. The second-order valence-electron chi connectivity index (χ2n) is 5.20. The number of hydrogen-bond donors (Lipinski definition) is 2. The molecule has 1 saturated heterocycles. The molecule has 0 bridgehead atoms. The van der Waals surface area contributed by atoms with Crippen LogP contribution in [0.3, 0.4) is 0 Å². The molecule has 7 nitrogen and oxygen atoms in total. The smallest absolute Gasteiger partial charge is 0.335 e. The van der Waals surface area contributed by atoms with Gasteiger partial charge in [-0.05, 0) is 18.2 Å². The van der Waals surface area contributed by atoms with Gasteiger partial charge in [0.05, 0.1) is 14.2 Å². The Kier molecular flexibility index (Phi) is 4.56. The van der Waals surface area contributed by atoms with Gasteiger partial charge in [-0.2, -0.15) is 0 Å². The first-order chi connectivity index (χ1) is 10.4. The van der Waals surface area contributed by atoms with Crippen molar-refractivity contribution in [3.05, 3.63) is 23.8 Å². The van der Waals surface area contributed by atoms with Crippen molar-refractivity contribution in [1.82, 2.24) is 4.90 Å². The Hall–Kier alpha value is -2.28. The summed E-state index contributed by atoms with van der Waals surface area (Å²) < 4.78 is 10.3. The minimum atomic E-state index is -1.74. The van der Waals surface area contributed by atoms with E-state index in [1.807, 2.05) is 0 Å². The number of carboxylic acid groups (broad SMARTS) is 1. The zero-order valence-corrected chi connectivity index (χ0v) is 12.5. The fourth-order valence-corrected chi connectivity index (χ4v) is 2.45. The van der Waals surface area contributed by atoms with Crippen molar-refractivity contribution in [2.75, 3.05) is 27.3 Å². The number of hydrogen-bond acceptors (Lipinski definition) is 5. The number of carbonyl (C=O) groups excluding carboxylic acids is 1. The molecule has 1 aromatic carbocycles. The summed E-state index contributed by atoms with van der Waals surface area (Å²) in [6, 6.07) is 4.85. The van der Waals surface area contributed by atoms with Gasteiger partial charge in [-0.15, -0.1) is 0 Å². The Labute approximate surface area is 128 Å². The molecule has 0 aliphatic carbocycles. The van der Waals surface area contributed by atoms with Gasteiger partial charge in [-0.1, -0.05) is 0 Å². The molecule has 0 atom stereocenters. The first kappa shape index (κ1) is 16.1. The molecule has 7 heteroatoms. The fraction of sp³-hybridized carbons (Fsp3) is 0.467. The standard InChI is InChI=1S/C15H19NO6/c1-21-11-4-3-10(9-12(11)22-2)13(17)16-7-5-15(20,6-8-16)14(18)19/h3-4,9,20H,5-8H2,1-2H3,(H,18,19). The van der Waals surface area contributed by atoms with Gasteiger partial charge in [0.1, 0.15) is 0 Å². The lowest BCUT2D eigenvalue weighted by Gasteiger charge is -2.35. The average molecular weight is 309 g/mol. The summed E-state index contributed by atoms with van der Waals surface area (Å²) in [5, 5.41) is 18.9. The van der Waals surface area contributed by atoms with Crippen LogP contribution in [-0.2, 0) is 4.79 Å². The largest absolute Gasteiger partial charge is 0.493 e. The second-order valence-corrected chi connectivity index (χ2v) is 5.20. The third-order valence-corrected chi connectivity index (χ3v) is 3.91. The first-order valence-corrected chi connectivity index (χ1v) is 6.88. The molecular weight excluding hydrogens is 290 g/mol. The molecule has 1 aliphatic rings. The zero-order chi connectivity index (χ0) is 16.3. The summed E-state index contributed by atoms with van der Waals surface area (Å²) in [4.78, 5) is 25.0. The van der Waals surface area contributed by atoms with E-state index >= 15 is 0 Å². The minimum absolute atomic E-state index is 0.0152. The lowest BCUT2D eigenvalue weighted by molar-refractivity contribution is -0.162. The maximum atomic E-state index is 12.4. The number of benzene rings is 1. The molecular formula is C15H19NO6. The van der Waals surface area contributed by atoms with Gasteiger partial charge in [-0.25, -0.2) is 4.79 Å². The highest BCUT2D eigenvalue weighted by Gasteiger charge is 2.40. The molecule has 2 N–H and O–H groups in total. The predicted octanol–water partition coefficient (Wildman–Crippen LogP) is 0.755. The summed E-state index contributed by atoms with van der Waals surface area (Å²) in [6.07, 6.45) is 0.0305. The molecule has 1 aliphatic heterocycles. The number of ether oxygens (including phenoxy) is 2. The number of rotatable bonds is 4. The Morgan fingerprint density at radius 2 is 1.73 bits per heavy atom. The lowest BCUT2D eigenvalue weighted by Crippen LogP contribution is -2.50. The van der Waals surface area contributed by atoms with Crippen molar-refractivity contribution in [2.24, 2.45) is 0 Å². The maximum Gasteiger partial charge on any atom is 0.335 e. The van der Waals surface area contributed by atoms with E-state index in [-0.39, 0.29) is 31.8 Å². The normalized spacial score (nSPS) is 17.0. The van der Waals surface area contributed by atoms with Crippen LogP contribution in [0.15, 0.2) is 18.2 Å². The predicted molar refractivity (Wildman–Crippen MR) is 77.3 cm³/mol. The van der Waals surface area contributed by atoms with Crippen LogP contribution in [0, 0.1) is 0 Å². The van der Waals surface area contributed by atoms with Crippen LogP contribution in [0.1, 0.15) is 23.2 Å². The highest BCUT2D eigenvalue weighted by Crippen LogP contribution is 2.29. The number of aliphatic hydroxyl groups is 1. The molecule has 120 valence electrons. The molecule has 0 spiro atoms. The van der Waals surface area contributed by atoms with Crippen LogP contribution < -0.4 is 9.47 Å². The molecule has 1 heterocycles. The van der Waals surface area contributed by atoms with E-state index < -0.39 is 11.6 Å². The van der Waals surface area contributed by atoms with Crippen molar-refractivity contribution in [3.8, 4) is 11.5 Å². The molecule has 22 heavy (non-hydrogen) atoms. The Morgan fingerprint density at radius 1 is 1.14 bits per heavy atom. The molecule has 0 aromatic heterocycles. The van der Waals surface area contributed by atoms with Gasteiger partial charge < -0.3 is 24.6 Å². The Balaban J connectivity index is 2.12. The quantitative estimate of drug-likeness (QED) is 0.852. The molecule has 0 saturated carbocycles. The van der Waals surface area contributed by atoms with Crippen LogP contribution in [0.25, 0.3) is 0 Å². The number of methoxy groups -OCH3 is 2. The number of piperidine rings is 1. The van der Waals surface area contributed by atoms with E-state index in [1.165, 1.54) is 19.1 Å². The van der Waals surface area contributed by atoms with E-state index in [0.717, 1.165) is 0 Å². The highest BCUT2D eigenvalue weighted by molar-refractivity contribution is 5.95. The number of nitrogens with zero attached hydrogens (tertiary/aromatic N) is 1. The van der Waals surface area contributed by atoms with Crippen molar-refractivity contribution in [1.29, 1.82) is 0 Å². The topological polar surface area (TPSA) is 96.3 Å². The van der Waals surface area contributed by atoms with Gasteiger partial charge >= 0.3 is 5.97 Å². The van der Waals surface area contributed by atoms with Gasteiger partial charge in [0.2, 0.25) is 0 Å². The van der Waals surface area contributed by atoms with E-state index in [0.29, 0.717) is 17.1 Å². The molecule has 0 unspecified atom stereocenters. The van der Waals surface area contributed by atoms with E-state index in [4.69, 9.17) is 14.6 Å². The molecule has 0 radical (unpaired) electrons. The van der Waals surface area contributed by atoms with Crippen LogP contribution in [-0.4, -0.2) is 59.9 Å². The van der Waals surface area contributed by atoms with Crippen molar-refractivity contribution < 1.29 is 29.3 Å². The number of carbonyl (C=O) groups is 2. The SMILES string of the molecule is COc1ccc(C(=O)N2CCC(O)(C(=O)O)CC2)cc1OC. The fourth-order valence-electron chi connectivity index (χ4n) is 2.45. The molecule has 1 amide bonds. The van der Waals surface area contributed by atoms with Crippen molar-refractivity contribution >= 4 is 11.9 Å². The van der Waals surface area contributed by atoms with Gasteiger partial charge in [0.15, 0.2) is 17.1 Å². The average Bonchev–Trinajstić information content (AvgIpc) is 2.54. The van der Waals surface area contributed by atoms with Gasteiger partial charge in [0.25, 0.3) is 5.91 Å². The van der Waals surface area contributed by atoms with Crippen LogP contribution in [0.5, 0.6) is 11.5 Å². The Morgan fingerprint density at radius 3 is 2.23 bits per heavy atom. The third-order valence-electron chi connectivity index (χ3n) is 3.91. The first-order valence-electron chi connectivity index (χ1n) is 6.88.